The third-order valence-electron chi connectivity index (χ3n) is 6.35. The normalized spacial score (nSPS) is 16.9. The molecule has 3 nitrogen and oxygen atoms in total. The third-order valence-corrected chi connectivity index (χ3v) is 6.35. The van der Waals surface area contributed by atoms with Gasteiger partial charge in [-0.25, -0.2) is 4.98 Å². The molecular formula is C23H17NO2. The molecule has 0 atom stereocenters. The van der Waals surface area contributed by atoms with Gasteiger partial charge in [-0.2, -0.15) is 0 Å². The highest BCUT2D eigenvalue weighted by molar-refractivity contribution is 5.85. The van der Waals surface area contributed by atoms with E-state index < -0.39 is 0 Å². The molecule has 4 aliphatic rings. The largest absolute Gasteiger partial charge is 0.493 e. The van der Waals surface area contributed by atoms with Gasteiger partial charge >= 0.3 is 0 Å². The van der Waals surface area contributed by atoms with Gasteiger partial charge in [0.1, 0.15) is 11.5 Å². The van der Waals surface area contributed by atoms with Crippen LogP contribution in [0.2, 0.25) is 0 Å². The zero-order valence-corrected chi connectivity index (χ0v) is 14.4. The van der Waals surface area contributed by atoms with E-state index in [1.165, 1.54) is 55.9 Å². The molecule has 2 aromatic carbocycles. The van der Waals surface area contributed by atoms with Crippen molar-refractivity contribution in [1.29, 1.82) is 0 Å². The molecule has 0 N–H and O–H groups in total. The molecule has 0 saturated heterocycles. The fraction of sp³-hybridized carbons (Fsp3) is 0.261. The van der Waals surface area contributed by atoms with E-state index >= 15 is 0 Å². The third kappa shape index (κ3) is 1.53. The van der Waals surface area contributed by atoms with Crippen LogP contribution in [-0.2, 0) is 25.7 Å². The first kappa shape index (κ1) is 13.4. The highest BCUT2D eigenvalue weighted by Crippen LogP contribution is 2.48. The van der Waals surface area contributed by atoms with Crippen LogP contribution in [0.25, 0.3) is 22.5 Å². The summed E-state index contributed by atoms with van der Waals surface area (Å²) in [5, 5.41) is 0. The van der Waals surface area contributed by atoms with Crippen molar-refractivity contribution in [1.82, 2.24) is 4.98 Å². The fourth-order valence-corrected chi connectivity index (χ4v) is 5.25. The SMILES string of the molecule is c1c2c(nc3c1Cc1ccc4c(c1-3)CCO4)-c1c(ccc3c1CCO3)C2. The molecule has 3 heteroatoms. The monoisotopic (exact) mass is 339 g/mol. The van der Waals surface area contributed by atoms with Crippen LogP contribution in [0.5, 0.6) is 11.5 Å². The molecule has 0 amide bonds. The molecule has 0 unspecified atom stereocenters. The van der Waals surface area contributed by atoms with E-state index in [0.717, 1.165) is 50.4 Å². The Hall–Kier alpha value is -2.81. The van der Waals surface area contributed by atoms with Crippen LogP contribution in [-0.4, -0.2) is 18.2 Å². The Bertz CT molecular complexity index is 1060. The fourth-order valence-electron chi connectivity index (χ4n) is 5.25. The summed E-state index contributed by atoms with van der Waals surface area (Å²) in [6.45, 7) is 1.58. The molecule has 1 aromatic heterocycles. The average Bonchev–Trinajstić information content (AvgIpc) is 3.40. The summed E-state index contributed by atoms with van der Waals surface area (Å²) >= 11 is 0. The van der Waals surface area contributed by atoms with Gasteiger partial charge in [0, 0.05) is 47.9 Å². The van der Waals surface area contributed by atoms with Crippen LogP contribution in [0.1, 0.15) is 33.4 Å². The first-order chi connectivity index (χ1) is 12.9. The molecule has 0 fully saturated rings. The predicted molar refractivity (Wildman–Crippen MR) is 99.1 cm³/mol. The minimum atomic E-state index is 0.791. The molecule has 3 heterocycles. The van der Waals surface area contributed by atoms with E-state index in [2.05, 4.69) is 30.3 Å². The van der Waals surface area contributed by atoms with Gasteiger partial charge in [0.15, 0.2) is 0 Å². The average molecular weight is 339 g/mol. The smallest absolute Gasteiger partial charge is 0.123 e. The summed E-state index contributed by atoms with van der Waals surface area (Å²) in [7, 11) is 0. The van der Waals surface area contributed by atoms with Crippen LogP contribution in [0.15, 0.2) is 30.3 Å². The maximum absolute atomic E-state index is 5.80. The van der Waals surface area contributed by atoms with E-state index in [9.17, 15) is 0 Å². The standard InChI is InChI=1S/C23H17NO2/c1-3-18-16(5-7-25-18)20-12(1)9-14-11-15-10-13-2-4-19-17(6-8-26-19)21(13)23(15)24-22(14)20/h1-4,11H,5-10H2. The van der Waals surface area contributed by atoms with Gasteiger partial charge in [0.25, 0.3) is 0 Å². The van der Waals surface area contributed by atoms with Gasteiger partial charge in [-0.05, 0) is 34.4 Å². The lowest BCUT2D eigenvalue weighted by Crippen LogP contribution is -1.94. The van der Waals surface area contributed by atoms with Gasteiger partial charge in [-0.1, -0.05) is 18.2 Å². The van der Waals surface area contributed by atoms with Crippen molar-refractivity contribution in [3.63, 3.8) is 0 Å². The highest BCUT2D eigenvalue weighted by Gasteiger charge is 2.33. The number of pyridine rings is 1. The number of hydrogen-bond donors (Lipinski definition) is 0. The van der Waals surface area contributed by atoms with Crippen LogP contribution >= 0.6 is 0 Å². The second kappa shape index (κ2) is 4.47. The number of fused-ring (bicyclic) bond motifs is 10. The number of nitrogens with zero attached hydrogens (tertiary/aromatic N) is 1. The molecule has 126 valence electrons. The summed E-state index contributed by atoms with van der Waals surface area (Å²) in [6, 6.07) is 11.1. The molecule has 26 heavy (non-hydrogen) atoms. The Morgan fingerprint density at radius 1 is 0.654 bits per heavy atom. The minimum absolute atomic E-state index is 0.791. The molecule has 0 bridgehead atoms. The molecule has 2 aliphatic heterocycles. The lowest BCUT2D eigenvalue weighted by molar-refractivity contribution is 0.356. The first-order valence-corrected chi connectivity index (χ1v) is 9.45. The molecule has 3 aromatic rings. The summed E-state index contributed by atoms with van der Waals surface area (Å²) in [4.78, 5) is 5.26. The van der Waals surface area contributed by atoms with Gasteiger partial charge < -0.3 is 9.47 Å². The second-order valence-electron chi connectivity index (χ2n) is 7.71. The van der Waals surface area contributed by atoms with Crippen molar-refractivity contribution < 1.29 is 9.47 Å². The van der Waals surface area contributed by atoms with Crippen molar-refractivity contribution in [2.45, 2.75) is 25.7 Å². The maximum Gasteiger partial charge on any atom is 0.123 e. The molecule has 0 spiro atoms. The Balaban J connectivity index is 1.50. The first-order valence-electron chi connectivity index (χ1n) is 9.45. The van der Waals surface area contributed by atoms with Crippen LogP contribution in [0.4, 0.5) is 0 Å². The summed E-state index contributed by atoms with van der Waals surface area (Å²) in [5.74, 6) is 2.10. The lowest BCUT2D eigenvalue weighted by Gasteiger charge is -2.10. The van der Waals surface area contributed by atoms with E-state index in [-0.39, 0.29) is 0 Å². The number of hydrogen-bond acceptors (Lipinski definition) is 3. The minimum Gasteiger partial charge on any atom is -0.493 e. The van der Waals surface area contributed by atoms with E-state index in [0.29, 0.717) is 0 Å². The van der Waals surface area contributed by atoms with Gasteiger partial charge in [-0.3, -0.25) is 0 Å². The Labute approximate surface area is 151 Å². The van der Waals surface area contributed by atoms with Crippen molar-refractivity contribution in [2.75, 3.05) is 13.2 Å². The zero-order valence-electron chi connectivity index (χ0n) is 14.4. The topological polar surface area (TPSA) is 31.4 Å². The molecular weight excluding hydrogens is 322 g/mol. The highest BCUT2D eigenvalue weighted by atomic mass is 16.5. The Kier molecular flexibility index (Phi) is 2.31. The lowest BCUT2D eigenvalue weighted by atomic mass is 9.99. The number of aromatic nitrogens is 1. The Morgan fingerprint density at radius 2 is 1.19 bits per heavy atom. The van der Waals surface area contributed by atoms with E-state index in [1.807, 2.05) is 0 Å². The summed E-state index contributed by atoms with van der Waals surface area (Å²) < 4.78 is 11.6. The molecule has 7 rings (SSSR count). The maximum atomic E-state index is 5.80. The summed E-state index contributed by atoms with van der Waals surface area (Å²) in [6.07, 6.45) is 3.98. The van der Waals surface area contributed by atoms with Gasteiger partial charge in [0.05, 0.1) is 24.6 Å². The molecule has 0 radical (unpaired) electrons. The van der Waals surface area contributed by atoms with Gasteiger partial charge in [0.2, 0.25) is 0 Å². The molecule has 0 saturated carbocycles. The van der Waals surface area contributed by atoms with E-state index in [1.54, 1.807) is 0 Å². The van der Waals surface area contributed by atoms with Crippen LogP contribution in [0.3, 0.4) is 0 Å². The summed E-state index contributed by atoms with van der Waals surface area (Å²) in [5.41, 5.74) is 13.3. The van der Waals surface area contributed by atoms with Crippen molar-refractivity contribution >= 4 is 0 Å². The van der Waals surface area contributed by atoms with Crippen LogP contribution < -0.4 is 9.47 Å². The number of ether oxygens (including phenoxy) is 2. The predicted octanol–water partition coefficient (Wildman–Crippen LogP) is 4.09. The van der Waals surface area contributed by atoms with Crippen molar-refractivity contribution in [2.24, 2.45) is 0 Å². The molecule has 2 aliphatic carbocycles. The number of benzene rings is 2. The quantitative estimate of drug-likeness (QED) is 0.426. The zero-order chi connectivity index (χ0) is 16.8. The van der Waals surface area contributed by atoms with Gasteiger partial charge in [-0.15, -0.1) is 0 Å². The van der Waals surface area contributed by atoms with Crippen molar-refractivity contribution in [3.05, 3.63) is 63.7 Å². The second-order valence-corrected chi connectivity index (χ2v) is 7.71. The van der Waals surface area contributed by atoms with E-state index in [4.69, 9.17) is 14.5 Å². The Morgan fingerprint density at radius 3 is 1.73 bits per heavy atom. The van der Waals surface area contributed by atoms with Crippen molar-refractivity contribution in [3.8, 4) is 34.0 Å². The van der Waals surface area contributed by atoms with Crippen LogP contribution in [0, 0.1) is 0 Å². The number of rotatable bonds is 0.